The maximum Gasteiger partial charge on any atom is 0.185 e. The molecule has 3 heteroatoms. The van der Waals surface area contributed by atoms with Gasteiger partial charge in [0, 0.05) is 43.7 Å². The summed E-state index contributed by atoms with van der Waals surface area (Å²) in [5.74, 6) is 0.175. The van der Waals surface area contributed by atoms with Crippen molar-refractivity contribution in [3.05, 3.63) is 70.8 Å². The van der Waals surface area contributed by atoms with Crippen molar-refractivity contribution in [1.82, 2.24) is 0 Å². The lowest BCUT2D eigenvalue weighted by Gasteiger charge is -2.11. The van der Waals surface area contributed by atoms with E-state index in [2.05, 4.69) is 34.5 Å². The summed E-state index contributed by atoms with van der Waals surface area (Å²) in [5.41, 5.74) is 6.17. The Balaban J connectivity index is 1.77. The number of allylic oxidation sites excluding steroid dienone is 2. The van der Waals surface area contributed by atoms with Gasteiger partial charge in [-0.3, -0.25) is 4.79 Å². The van der Waals surface area contributed by atoms with E-state index >= 15 is 0 Å². The number of carbonyl (C=O) groups is 1. The molecule has 0 saturated heterocycles. The number of Topliss-reactive ketones (excluding diaryl/α,β-unsaturated/α-hetero) is 1. The molecule has 128 valence electrons. The van der Waals surface area contributed by atoms with Gasteiger partial charge in [0.05, 0.1) is 0 Å². The minimum absolute atomic E-state index is 0.175. The fourth-order valence-corrected chi connectivity index (χ4v) is 3.00. The van der Waals surface area contributed by atoms with Gasteiger partial charge in [-0.1, -0.05) is 24.3 Å². The second-order valence-electron chi connectivity index (χ2n) is 6.53. The summed E-state index contributed by atoms with van der Waals surface area (Å²) in [7, 11) is 5.94. The summed E-state index contributed by atoms with van der Waals surface area (Å²) in [5, 5.41) is 3.10. The first kappa shape index (κ1) is 17.0. The van der Waals surface area contributed by atoms with Crippen molar-refractivity contribution in [2.75, 3.05) is 31.4 Å². The lowest BCUT2D eigenvalue weighted by atomic mass is 10.1. The molecule has 0 atom stereocenters. The zero-order valence-electron chi connectivity index (χ0n) is 15.0. The number of nitrogens with one attached hydrogen (secondary N) is 1. The van der Waals surface area contributed by atoms with Crippen LogP contribution in [0.4, 0.5) is 11.4 Å². The highest BCUT2D eigenvalue weighted by molar-refractivity contribution is 6.15. The van der Waals surface area contributed by atoms with Crippen LogP contribution in [0.15, 0.2) is 59.7 Å². The van der Waals surface area contributed by atoms with Crippen molar-refractivity contribution in [2.45, 2.75) is 12.8 Å². The van der Waals surface area contributed by atoms with Crippen molar-refractivity contribution < 1.29 is 4.79 Å². The number of nitrogens with zero attached hydrogens (tertiary/aromatic N) is 1. The molecular weight excluding hydrogens is 308 g/mol. The Hall–Kier alpha value is -2.81. The number of carbonyl (C=O) groups excluding carboxylic acids is 1. The summed E-state index contributed by atoms with van der Waals surface area (Å²) in [6.45, 7) is 0. The predicted molar refractivity (Wildman–Crippen MR) is 107 cm³/mol. The Bertz CT molecular complexity index is 812. The molecule has 0 aromatic heterocycles. The lowest BCUT2D eigenvalue weighted by Crippen LogP contribution is -2.07. The third kappa shape index (κ3) is 4.00. The minimum Gasteiger partial charge on any atom is -0.388 e. The molecule has 1 aliphatic rings. The molecule has 1 saturated carbocycles. The third-order valence-corrected chi connectivity index (χ3v) is 4.54. The molecule has 0 heterocycles. The Labute approximate surface area is 149 Å². The maximum atomic E-state index is 12.7. The van der Waals surface area contributed by atoms with Gasteiger partial charge in [0.1, 0.15) is 0 Å². The van der Waals surface area contributed by atoms with E-state index in [-0.39, 0.29) is 5.78 Å². The van der Waals surface area contributed by atoms with Gasteiger partial charge in [-0.15, -0.1) is 0 Å². The fraction of sp³-hybridized carbons (Fsp3) is 0.227. The van der Waals surface area contributed by atoms with Crippen molar-refractivity contribution in [1.29, 1.82) is 0 Å². The van der Waals surface area contributed by atoms with Gasteiger partial charge in [-0.25, -0.2) is 0 Å². The largest absolute Gasteiger partial charge is 0.388 e. The number of hydrogen-bond donors (Lipinski definition) is 1. The van der Waals surface area contributed by atoms with E-state index in [9.17, 15) is 4.79 Å². The average Bonchev–Trinajstić information content (AvgIpc) is 2.96. The first-order chi connectivity index (χ1) is 12.1. The molecule has 25 heavy (non-hydrogen) atoms. The quantitative estimate of drug-likeness (QED) is 0.829. The topological polar surface area (TPSA) is 32.3 Å². The van der Waals surface area contributed by atoms with Crippen LogP contribution in [0.2, 0.25) is 0 Å². The number of anilines is 2. The Morgan fingerprint density at radius 2 is 1.32 bits per heavy atom. The van der Waals surface area contributed by atoms with Crippen LogP contribution < -0.4 is 10.2 Å². The van der Waals surface area contributed by atoms with Gasteiger partial charge < -0.3 is 10.2 Å². The van der Waals surface area contributed by atoms with Crippen molar-refractivity contribution in [2.24, 2.45) is 0 Å². The molecule has 1 fully saturated rings. The summed E-state index contributed by atoms with van der Waals surface area (Å²) in [6, 6.07) is 16.4. The summed E-state index contributed by atoms with van der Waals surface area (Å²) >= 11 is 0. The van der Waals surface area contributed by atoms with E-state index < -0.39 is 0 Å². The Kier molecular flexibility index (Phi) is 5.03. The zero-order valence-corrected chi connectivity index (χ0v) is 15.0. The second kappa shape index (κ2) is 7.39. The molecule has 1 aliphatic carbocycles. The first-order valence-corrected chi connectivity index (χ1v) is 8.58. The van der Waals surface area contributed by atoms with Gasteiger partial charge >= 0.3 is 0 Å². The fourth-order valence-electron chi connectivity index (χ4n) is 3.00. The molecule has 0 amide bonds. The molecule has 0 radical (unpaired) electrons. The normalized spacial score (nSPS) is 17.3. The van der Waals surface area contributed by atoms with Gasteiger partial charge in [-0.2, -0.15) is 0 Å². The minimum atomic E-state index is 0.175. The van der Waals surface area contributed by atoms with Gasteiger partial charge in [0.2, 0.25) is 0 Å². The van der Waals surface area contributed by atoms with Crippen LogP contribution in [-0.2, 0) is 4.79 Å². The average molecular weight is 332 g/mol. The van der Waals surface area contributed by atoms with E-state index in [4.69, 9.17) is 0 Å². The van der Waals surface area contributed by atoms with Crippen LogP contribution in [0.25, 0.3) is 12.2 Å². The smallest absolute Gasteiger partial charge is 0.185 e. The maximum absolute atomic E-state index is 12.7. The highest BCUT2D eigenvalue weighted by atomic mass is 16.1. The number of benzene rings is 2. The molecular formula is C22H24N2O. The highest BCUT2D eigenvalue weighted by Crippen LogP contribution is 2.30. The first-order valence-electron chi connectivity index (χ1n) is 8.58. The van der Waals surface area contributed by atoms with Gasteiger partial charge in [-0.05, 0) is 60.4 Å². The van der Waals surface area contributed by atoms with Crippen LogP contribution in [0.3, 0.4) is 0 Å². The number of rotatable bonds is 4. The molecule has 2 aromatic rings. The second-order valence-corrected chi connectivity index (χ2v) is 6.53. The zero-order chi connectivity index (χ0) is 17.8. The van der Waals surface area contributed by atoms with E-state index in [1.165, 1.54) is 0 Å². The Morgan fingerprint density at radius 1 is 0.840 bits per heavy atom. The molecule has 1 N–H and O–H groups in total. The molecule has 0 aliphatic heterocycles. The third-order valence-electron chi connectivity index (χ3n) is 4.54. The monoisotopic (exact) mass is 332 g/mol. The van der Waals surface area contributed by atoms with Crippen LogP contribution in [0, 0.1) is 0 Å². The van der Waals surface area contributed by atoms with Crippen LogP contribution in [0.5, 0.6) is 0 Å². The number of hydrogen-bond acceptors (Lipinski definition) is 3. The highest BCUT2D eigenvalue weighted by Gasteiger charge is 2.22. The van der Waals surface area contributed by atoms with Crippen molar-refractivity contribution >= 4 is 29.3 Å². The molecule has 3 rings (SSSR count). The van der Waals surface area contributed by atoms with E-state index in [0.717, 1.165) is 46.5 Å². The molecule has 0 bridgehead atoms. The molecule has 3 nitrogen and oxygen atoms in total. The lowest BCUT2D eigenvalue weighted by molar-refractivity contribution is -0.111. The summed E-state index contributed by atoms with van der Waals surface area (Å²) in [6.07, 6.45) is 5.66. The van der Waals surface area contributed by atoms with Gasteiger partial charge in [0.15, 0.2) is 5.78 Å². The van der Waals surface area contributed by atoms with Crippen LogP contribution >= 0.6 is 0 Å². The van der Waals surface area contributed by atoms with Gasteiger partial charge in [0.25, 0.3) is 0 Å². The van der Waals surface area contributed by atoms with Crippen LogP contribution in [-0.4, -0.2) is 26.9 Å². The van der Waals surface area contributed by atoms with E-state index in [1.54, 1.807) is 0 Å². The summed E-state index contributed by atoms with van der Waals surface area (Å²) < 4.78 is 0. The van der Waals surface area contributed by atoms with E-state index in [1.807, 2.05) is 57.6 Å². The Morgan fingerprint density at radius 3 is 1.76 bits per heavy atom. The van der Waals surface area contributed by atoms with Crippen LogP contribution in [0.1, 0.15) is 24.0 Å². The standard InChI is InChI=1S/C22H24N2O/c1-23-20-10-4-16(5-11-20)14-18-8-9-19(22(18)25)15-17-6-12-21(13-7-17)24(2)3/h4-7,10-15,23H,8-9H2,1-3H3. The van der Waals surface area contributed by atoms with Crippen molar-refractivity contribution in [3.63, 3.8) is 0 Å². The SMILES string of the molecule is CNc1ccc(C=C2CCC(=Cc3ccc(N(C)C)cc3)C2=O)cc1. The van der Waals surface area contributed by atoms with E-state index in [0.29, 0.717) is 0 Å². The molecule has 0 unspecified atom stereocenters. The molecule has 2 aromatic carbocycles. The summed E-state index contributed by atoms with van der Waals surface area (Å²) in [4.78, 5) is 14.7. The predicted octanol–water partition coefficient (Wildman–Crippen LogP) is 4.62. The molecule has 0 spiro atoms. The van der Waals surface area contributed by atoms with Crippen molar-refractivity contribution in [3.8, 4) is 0 Å². The number of ketones is 1.